The molecule has 5 heteroatoms. The van der Waals surface area contributed by atoms with Crippen molar-refractivity contribution in [2.75, 3.05) is 5.32 Å². The molecule has 1 fully saturated rings. The topological polar surface area (TPSA) is 75.1 Å². The average Bonchev–Trinajstić information content (AvgIpc) is 2.80. The van der Waals surface area contributed by atoms with E-state index in [0.717, 1.165) is 47.5 Å². The van der Waals surface area contributed by atoms with E-state index in [-0.39, 0.29) is 11.7 Å². The van der Waals surface area contributed by atoms with Gasteiger partial charge in [0.1, 0.15) is 5.75 Å². The van der Waals surface area contributed by atoms with Crippen molar-refractivity contribution in [3.63, 3.8) is 0 Å². The first-order valence-electron chi connectivity index (χ1n) is 11.3. The molecule has 0 spiro atoms. The standard InChI is InChI=1S/C26H27N3O2/c30-20-12-13-21-19(16-20)11-14-22-24(21)27-23(15-17-7-3-1-4-8-17)25(28-22)29-26(31)18-9-5-2-6-10-18/h2,5-6,9-10,12-13,16-17,30H,1,3-4,7-8,11,14-15H2,(H,28,29,31). The van der Waals surface area contributed by atoms with Gasteiger partial charge in [-0.3, -0.25) is 4.79 Å². The molecule has 3 aromatic rings. The minimum absolute atomic E-state index is 0.152. The van der Waals surface area contributed by atoms with Crippen molar-refractivity contribution >= 4 is 11.7 Å². The zero-order valence-corrected chi connectivity index (χ0v) is 17.6. The van der Waals surface area contributed by atoms with Gasteiger partial charge in [-0.05, 0) is 61.1 Å². The van der Waals surface area contributed by atoms with E-state index in [1.165, 1.54) is 32.1 Å². The number of phenolic OH excluding ortho intramolecular Hbond substituents is 1. The van der Waals surface area contributed by atoms with E-state index < -0.39 is 0 Å². The summed E-state index contributed by atoms with van der Waals surface area (Å²) in [7, 11) is 0. The highest BCUT2D eigenvalue weighted by molar-refractivity contribution is 6.04. The number of nitrogens with zero attached hydrogens (tertiary/aromatic N) is 2. The molecule has 31 heavy (non-hydrogen) atoms. The number of aryl methyl sites for hydroxylation is 2. The van der Waals surface area contributed by atoms with E-state index >= 15 is 0 Å². The zero-order valence-electron chi connectivity index (χ0n) is 17.6. The van der Waals surface area contributed by atoms with Crippen LogP contribution in [-0.2, 0) is 19.3 Å². The molecule has 158 valence electrons. The molecule has 5 rings (SSSR count). The highest BCUT2D eigenvalue weighted by Gasteiger charge is 2.25. The van der Waals surface area contributed by atoms with Crippen molar-refractivity contribution < 1.29 is 9.90 Å². The number of hydrogen-bond donors (Lipinski definition) is 2. The van der Waals surface area contributed by atoms with Gasteiger partial charge in [-0.1, -0.05) is 50.3 Å². The van der Waals surface area contributed by atoms with Gasteiger partial charge in [0.15, 0.2) is 5.82 Å². The fraction of sp³-hybridized carbons (Fsp3) is 0.346. The van der Waals surface area contributed by atoms with Gasteiger partial charge in [-0.2, -0.15) is 0 Å². The molecule has 2 N–H and O–H groups in total. The Bertz CT molecular complexity index is 1110. The summed E-state index contributed by atoms with van der Waals surface area (Å²) < 4.78 is 0. The van der Waals surface area contributed by atoms with Crippen molar-refractivity contribution in [1.29, 1.82) is 0 Å². The van der Waals surface area contributed by atoms with E-state index in [0.29, 0.717) is 17.3 Å². The third-order valence-corrected chi connectivity index (χ3v) is 6.49. The second kappa shape index (κ2) is 8.50. The Balaban J connectivity index is 1.53. The molecule has 2 aliphatic rings. The minimum Gasteiger partial charge on any atom is -0.508 e. The molecule has 0 aliphatic heterocycles. The summed E-state index contributed by atoms with van der Waals surface area (Å²) in [6.07, 6.45) is 8.62. The van der Waals surface area contributed by atoms with Crippen LogP contribution in [0.2, 0.25) is 0 Å². The Hall–Kier alpha value is -3.21. The lowest BCUT2D eigenvalue weighted by atomic mass is 9.85. The third-order valence-electron chi connectivity index (χ3n) is 6.49. The molecule has 0 radical (unpaired) electrons. The lowest BCUT2D eigenvalue weighted by Gasteiger charge is -2.24. The number of aromatic hydroxyl groups is 1. The Kier molecular flexibility index (Phi) is 5.41. The van der Waals surface area contributed by atoms with Crippen LogP contribution in [0.1, 0.15) is 59.4 Å². The van der Waals surface area contributed by atoms with Crippen molar-refractivity contribution in [3.8, 4) is 17.0 Å². The van der Waals surface area contributed by atoms with Crippen LogP contribution in [0.4, 0.5) is 5.82 Å². The third kappa shape index (κ3) is 4.18. The summed E-state index contributed by atoms with van der Waals surface area (Å²) in [5.41, 5.74) is 5.44. The molecular weight excluding hydrogens is 386 g/mol. The van der Waals surface area contributed by atoms with Gasteiger partial charge >= 0.3 is 0 Å². The number of aromatic nitrogens is 2. The molecule has 0 bridgehead atoms. The SMILES string of the molecule is O=C(Nc1nc2c(nc1CC1CCCCC1)-c1ccc(O)cc1CC2)c1ccccc1. The predicted molar refractivity (Wildman–Crippen MR) is 121 cm³/mol. The Labute approximate surface area is 182 Å². The first-order chi connectivity index (χ1) is 15.2. The van der Waals surface area contributed by atoms with E-state index in [4.69, 9.17) is 9.97 Å². The Morgan fingerprint density at radius 1 is 1.00 bits per heavy atom. The number of amides is 1. The number of nitrogens with one attached hydrogen (secondary N) is 1. The number of hydrogen-bond acceptors (Lipinski definition) is 4. The van der Waals surface area contributed by atoms with Crippen molar-refractivity contribution in [2.24, 2.45) is 5.92 Å². The Morgan fingerprint density at radius 2 is 1.81 bits per heavy atom. The fourth-order valence-corrected chi connectivity index (χ4v) is 4.84. The van der Waals surface area contributed by atoms with Crippen LogP contribution in [0.15, 0.2) is 48.5 Å². The minimum atomic E-state index is -0.152. The van der Waals surface area contributed by atoms with Gasteiger partial charge in [0.25, 0.3) is 5.91 Å². The largest absolute Gasteiger partial charge is 0.508 e. The van der Waals surface area contributed by atoms with Crippen LogP contribution < -0.4 is 5.32 Å². The highest BCUT2D eigenvalue weighted by atomic mass is 16.3. The number of rotatable bonds is 4. The van der Waals surface area contributed by atoms with Gasteiger partial charge < -0.3 is 10.4 Å². The monoisotopic (exact) mass is 413 g/mol. The number of benzene rings is 2. The molecule has 1 saturated carbocycles. The van der Waals surface area contributed by atoms with Crippen molar-refractivity contribution in [2.45, 2.75) is 51.4 Å². The maximum atomic E-state index is 12.9. The van der Waals surface area contributed by atoms with E-state index in [1.54, 1.807) is 6.07 Å². The molecule has 0 atom stereocenters. The van der Waals surface area contributed by atoms with Crippen LogP contribution in [0.25, 0.3) is 11.3 Å². The summed E-state index contributed by atoms with van der Waals surface area (Å²) >= 11 is 0. The molecule has 1 heterocycles. The van der Waals surface area contributed by atoms with Crippen LogP contribution in [0.3, 0.4) is 0 Å². The predicted octanol–water partition coefficient (Wildman–Crippen LogP) is 5.32. The summed E-state index contributed by atoms with van der Waals surface area (Å²) in [5, 5.41) is 12.9. The lowest BCUT2D eigenvalue weighted by molar-refractivity contribution is 0.102. The second-order valence-corrected chi connectivity index (χ2v) is 8.68. The number of carbonyl (C=O) groups is 1. The summed E-state index contributed by atoms with van der Waals surface area (Å²) in [4.78, 5) is 22.8. The molecular formula is C26H27N3O2. The van der Waals surface area contributed by atoms with Gasteiger partial charge in [0, 0.05) is 11.1 Å². The van der Waals surface area contributed by atoms with Gasteiger partial charge in [-0.25, -0.2) is 9.97 Å². The summed E-state index contributed by atoms with van der Waals surface area (Å²) in [5.74, 6) is 1.31. The number of phenols is 1. The molecule has 1 aromatic heterocycles. The normalized spacial score (nSPS) is 15.7. The lowest BCUT2D eigenvalue weighted by Crippen LogP contribution is -2.20. The molecule has 5 nitrogen and oxygen atoms in total. The van der Waals surface area contributed by atoms with Crippen molar-refractivity contribution in [3.05, 3.63) is 71.0 Å². The molecule has 0 unspecified atom stereocenters. The smallest absolute Gasteiger partial charge is 0.256 e. The highest BCUT2D eigenvalue weighted by Crippen LogP contribution is 2.36. The second-order valence-electron chi connectivity index (χ2n) is 8.68. The fourth-order valence-electron chi connectivity index (χ4n) is 4.84. The summed E-state index contributed by atoms with van der Waals surface area (Å²) in [6.45, 7) is 0. The summed E-state index contributed by atoms with van der Waals surface area (Å²) in [6, 6.07) is 14.7. The molecule has 0 saturated heterocycles. The first-order valence-corrected chi connectivity index (χ1v) is 11.3. The van der Waals surface area contributed by atoms with Gasteiger partial charge in [0.05, 0.1) is 17.1 Å². The van der Waals surface area contributed by atoms with Gasteiger partial charge in [0.2, 0.25) is 0 Å². The number of carbonyl (C=O) groups excluding carboxylic acids is 1. The Morgan fingerprint density at radius 3 is 2.61 bits per heavy atom. The van der Waals surface area contributed by atoms with E-state index in [2.05, 4.69) is 5.32 Å². The average molecular weight is 414 g/mol. The molecule has 2 aromatic carbocycles. The van der Waals surface area contributed by atoms with Crippen LogP contribution >= 0.6 is 0 Å². The molecule has 1 amide bonds. The number of anilines is 1. The van der Waals surface area contributed by atoms with E-state index in [9.17, 15) is 9.90 Å². The van der Waals surface area contributed by atoms with Crippen molar-refractivity contribution in [1.82, 2.24) is 9.97 Å². The van der Waals surface area contributed by atoms with Crippen LogP contribution in [-0.4, -0.2) is 21.0 Å². The van der Waals surface area contributed by atoms with E-state index in [1.807, 2.05) is 42.5 Å². The first kappa shape index (κ1) is 19.7. The van der Waals surface area contributed by atoms with Gasteiger partial charge in [-0.15, -0.1) is 0 Å². The maximum Gasteiger partial charge on any atom is 0.256 e. The maximum absolute atomic E-state index is 12.9. The zero-order chi connectivity index (χ0) is 21.2. The van der Waals surface area contributed by atoms with Crippen LogP contribution in [0.5, 0.6) is 5.75 Å². The van der Waals surface area contributed by atoms with Crippen LogP contribution in [0, 0.1) is 5.92 Å². The molecule has 2 aliphatic carbocycles. The quantitative estimate of drug-likeness (QED) is 0.607. The number of fused-ring (bicyclic) bond motifs is 3.